The molecule has 0 aromatic rings. The fourth-order valence-corrected chi connectivity index (χ4v) is 3.41. The smallest absolute Gasteiger partial charge is 0.307 e. The summed E-state index contributed by atoms with van der Waals surface area (Å²) in [5.74, 6) is -0.591. The van der Waals surface area contributed by atoms with Gasteiger partial charge in [-0.15, -0.1) is 0 Å². The first-order chi connectivity index (χ1) is 8.62. The van der Waals surface area contributed by atoms with E-state index in [-0.39, 0.29) is 23.2 Å². The monoisotopic (exact) mass is 253 g/mol. The van der Waals surface area contributed by atoms with Crippen molar-refractivity contribution in [1.29, 1.82) is 0 Å². The molecule has 3 aliphatic rings. The lowest BCUT2D eigenvalue weighted by Crippen LogP contribution is -2.43. The molecule has 0 aromatic carbocycles. The van der Waals surface area contributed by atoms with Crippen molar-refractivity contribution >= 4 is 11.9 Å². The molecule has 100 valence electrons. The van der Waals surface area contributed by atoms with Crippen LogP contribution in [-0.2, 0) is 14.3 Å². The molecule has 3 fully saturated rings. The Labute approximate surface area is 106 Å². The van der Waals surface area contributed by atoms with Gasteiger partial charge in [-0.05, 0) is 31.1 Å². The Morgan fingerprint density at radius 1 is 1.28 bits per heavy atom. The molecule has 5 nitrogen and oxygen atoms in total. The number of carboxylic acids is 1. The number of carboxylic acid groups (broad SMARTS) is 1. The number of carbonyl (C=O) groups excluding carboxylic acids is 1. The molecule has 18 heavy (non-hydrogen) atoms. The molecule has 0 radical (unpaired) electrons. The predicted octanol–water partition coefficient (Wildman–Crippen LogP) is 0.736. The molecule has 1 N–H and O–H groups in total. The lowest BCUT2D eigenvalue weighted by atomic mass is 9.90. The van der Waals surface area contributed by atoms with Crippen LogP contribution < -0.4 is 0 Å². The first-order valence-electron chi connectivity index (χ1n) is 6.72. The highest BCUT2D eigenvalue weighted by Gasteiger charge is 2.59. The zero-order chi connectivity index (χ0) is 12.8. The van der Waals surface area contributed by atoms with Crippen LogP contribution in [0.25, 0.3) is 0 Å². The molecule has 5 heteroatoms. The average Bonchev–Trinajstić information content (AvgIpc) is 2.84. The van der Waals surface area contributed by atoms with E-state index < -0.39 is 5.97 Å². The molecule has 2 saturated heterocycles. The second kappa shape index (κ2) is 4.23. The van der Waals surface area contributed by atoms with Crippen LogP contribution in [0.15, 0.2) is 0 Å². The van der Waals surface area contributed by atoms with Gasteiger partial charge in [0, 0.05) is 19.7 Å². The van der Waals surface area contributed by atoms with Gasteiger partial charge in [0.15, 0.2) is 0 Å². The molecule has 2 aliphatic heterocycles. The first kappa shape index (κ1) is 12.0. The molecule has 1 saturated carbocycles. The zero-order valence-electron chi connectivity index (χ0n) is 10.4. The van der Waals surface area contributed by atoms with E-state index in [1.54, 1.807) is 0 Å². The lowest BCUT2D eigenvalue weighted by Gasteiger charge is -2.34. The van der Waals surface area contributed by atoms with Crippen molar-refractivity contribution in [2.45, 2.75) is 25.7 Å². The van der Waals surface area contributed by atoms with Crippen LogP contribution in [0.3, 0.4) is 0 Å². The van der Waals surface area contributed by atoms with Crippen molar-refractivity contribution < 1.29 is 19.4 Å². The highest BCUT2D eigenvalue weighted by atomic mass is 16.5. The van der Waals surface area contributed by atoms with Crippen LogP contribution in [0.2, 0.25) is 0 Å². The Hall–Kier alpha value is -1.10. The average molecular weight is 253 g/mol. The quantitative estimate of drug-likeness (QED) is 0.788. The highest BCUT2D eigenvalue weighted by Crippen LogP contribution is 2.59. The summed E-state index contributed by atoms with van der Waals surface area (Å²) in [7, 11) is 0. The molecular formula is C13H19NO4. The number of amides is 1. The summed E-state index contributed by atoms with van der Waals surface area (Å²) >= 11 is 0. The molecule has 2 atom stereocenters. The molecular weight excluding hydrogens is 234 g/mol. The number of hydrogen-bond acceptors (Lipinski definition) is 3. The second-order valence-corrected chi connectivity index (χ2v) is 5.84. The summed E-state index contributed by atoms with van der Waals surface area (Å²) in [6.45, 7) is 2.69. The van der Waals surface area contributed by atoms with Gasteiger partial charge < -0.3 is 14.7 Å². The minimum absolute atomic E-state index is 0.00872. The van der Waals surface area contributed by atoms with Gasteiger partial charge in [-0.1, -0.05) is 0 Å². The summed E-state index contributed by atoms with van der Waals surface area (Å²) in [5, 5.41) is 9.02. The predicted molar refractivity (Wildman–Crippen MR) is 62.9 cm³/mol. The van der Waals surface area contributed by atoms with Gasteiger partial charge in [-0.2, -0.15) is 0 Å². The molecule has 2 unspecified atom stereocenters. The van der Waals surface area contributed by atoms with Gasteiger partial charge >= 0.3 is 5.97 Å². The van der Waals surface area contributed by atoms with Crippen LogP contribution >= 0.6 is 0 Å². The maximum absolute atomic E-state index is 12.2. The van der Waals surface area contributed by atoms with E-state index in [1.807, 2.05) is 4.90 Å². The van der Waals surface area contributed by atoms with E-state index in [9.17, 15) is 9.59 Å². The molecule has 0 bridgehead atoms. The molecule has 2 heterocycles. The fourth-order valence-electron chi connectivity index (χ4n) is 3.41. The van der Waals surface area contributed by atoms with Crippen LogP contribution in [0.1, 0.15) is 25.7 Å². The second-order valence-electron chi connectivity index (χ2n) is 5.84. The third kappa shape index (κ3) is 1.90. The normalized spacial score (nSPS) is 33.7. The first-order valence-corrected chi connectivity index (χ1v) is 6.72. The summed E-state index contributed by atoms with van der Waals surface area (Å²) < 4.78 is 5.25. The van der Waals surface area contributed by atoms with Crippen molar-refractivity contribution in [1.82, 2.24) is 4.90 Å². The third-order valence-electron chi connectivity index (χ3n) is 4.84. The Morgan fingerprint density at radius 3 is 2.50 bits per heavy atom. The van der Waals surface area contributed by atoms with Crippen LogP contribution in [0.4, 0.5) is 0 Å². The number of carbonyl (C=O) groups is 2. The minimum atomic E-state index is -0.668. The summed E-state index contributed by atoms with van der Waals surface area (Å²) in [6, 6.07) is 0. The number of piperidine rings is 1. The largest absolute Gasteiger partial charge is 0.481 e. The van der Waals surface area contributed by atoms with Gasteiger partial charge in [-0.25, -0.2) is 0 Å². The van der Waals surface area contributed by atoms with Crippen molar-refractivity contribution in [3.8, 4) is 0 Å². The number of likely N-dealkylation sites (tertiary alicyclic amines) is 1. The van der Waals surface area contributed by atoms with Gasteiger partial charge in [0.1, 0.15) is 0 Å². The van der Waals surface area contributed by atoms with E-state index in [1.165, 1.54) is 0 Å². The van der Waals surface area contributed by atoms with Crippen molar-refractivity contribution in [3.63, 3.8) is 0 Å². The van der Waals surface area contributed by atoms with Crippen molar-refractivity contribution in [2.75, 3.05) is 26.3 Å². The molecule has 1 aliphatic carbocycles. The maximum Gasteiger partial charge on any atom is 0.307 e. The minimum Gasteiger partial charge on any atom is -0.481 e. The number of nitrogens with zero attached hydrogens (tertiary/aromatic N) is 1. The van der Waals surface area contributed by atoms with Gasteiger partial charge in [-0.3, -0.25) is 9.59 Å². The summed E-state index contributed by atoms with van der Waals surface area (Å²) in [5.41, 5.74) is 0.00872. The molecule has 1 spiro atoms. The lowest BCUT2D eigenvalue weighted by molar-refractivity contribution is -0.140. The van der Waals surface area contributed by atoms with E-state index in [2.05, 4.69) is 0 Å². The number of aliphatic carboxylic acids is 1. The van der Waals surface area contributed by atoms with Crippen molar-refractivity contribution in [2.24, 2.45) is 17.3 Å². The van der Waals surface area contributed by atoms with Gasteiger partial charge in [0.05, 0.1) is 18.4 Å². The maximum atomic E-state index is 12.2. The van der Waals surface area contributed by atoms with Crippen LogP contribution in [0.5, 0.6) is 0 Å². The van der Waals surface area contributed by atoms with Gasteiger partial charge in [0.25, 0.3) is 0 Å². The van der Waals surface area contributed by atoms with E-state index >= 15 is 0 Å². The zero-order valence-corrected chi connectivity index (χ0v) is 10.4. The molecule has 0 aromatic heterocycles. The van der Waals surface area contributed by atoms with Gasteiger partial charge in [0.2, 0.25) is 5.91 Å². The van der Waals surface area contributed by atoms with Crippen molar-refractivity contribution in [3.05, 3.63) is 0 Å². The SMILES string of the molecule is O=C(O)C1CC12CCN(C(=O)C1CCOC1)CC2. The Balaban J connectivity index is 1.54. The Kier molecular flexibility index (Phi) is 2.81. The Morgan fingerprint density at radius 2 is 2.00 bits per heavy atom. The standard InChI is InChI=1S/C13H19NO4/c15-11(9-1-6-18-8-9)14-4-2-13(3-5-14)7-10(13)12(16)17/h9-10H,1-8H2,(H,16,17). The number of ether oxygens (including phenoxy) is 1. The Bertz CT molecular complexity index is 367. The molecule has 1 amide bonds. The summed E-state index contributed by atoms with van der Waals surface area (Å²) in [6.07, 6.45) is 3.34. The van der Waals surface area contributed by atoms with E-state index in [4.69, 9.17) is 9.84 Å². The fraction of sp³-hybridized carbons (Fsp3) is 0.846. The van der Waals surface area contributed by atoms with Crippen LogP contribution in [0, 0.1) is 17.3 Å². The molecule has 3 rings (SSSR count). The topological polar surface area (TPSA) is 66.8 Å². The highest BCUT2D eigenvalue weighted by molar-refractivity contribution is 5.79. The number of hydrogen-bond donors (Lipinski definition) is 1. The number of rotatable bonds is 2. The summed E-state index contributed by atoms with van der Waals surface area (Å²) in [4.78, 5) is 25.0. The third-order valence-corrected chi connectivity index (χ3v) is 4.84. The van der Waals surface area contributed by atoms with E-state index in [0.29, 0.717) is 13.2 Å². The van der Waals surface area contributed by atoms with Crippen LogP contribution in [-0.4, -0.2) is 48.2 Å². The van der Waals surface area contributed by atoms with E-state index in [0.717, 1.165) is 38.8 Å².